The molecule has 0 atom stereocenters. The number of H-pyrrole nitrogens is 1. The molecule has 6 heteroatoms. The number of hydrogen-bond acceptors (Lipinski definition) is 3. The van der Waals surface area contributed by atoms with E-state index in [1.54, 1.807) is 0 Å². The molecule has 1 saturated heterocycles. The van der Waals surface area contributed by atoms with Crippen LogP contribution in [0.5, 0.6) is 0 Å². The molecule has 1 aliphatic heterocycles. The van der Waals surface area contributed by atoms with Crippen molar-refractivity contribution in [3.63, 3.8) is 0 Å². The standard InChI is InChI=1S/C27H31N5O/c1-19(2)32-18-20(16-28-32)17-31-12-10-21(11-13-31)27(33)29-24-8-5-7-22(14-24)26-15-23-6-3-4-9-25(23)30-26/h3-9,14-16,18-19,21,30H,10-13,17H2,1-2H3,(H,29,33). The van der Waals surface area contributed by atoms with Crippen LogP contribution in [0.25, 0.3) is 22.2 Å². The van der Waals surface area contributed by atoms with Gasteiger partial charge in [-0.15, -0.1) is 0 Å². The van der Waals surface area contributed by atoms with E-state index in [1.807, 2.05) is 41.2 Å². The number of piperidine rings is 1. The average Bonchev–Trinajstić information content (AvgIpc) is 3.47. The summed E-state index contributed by atoms with van der Waals surface area (Å²) < 4.78 is 2.00. The number of aromatic amines is 1. The molecule has 0 aliphatic carbocycles. The van der Waals surface area contributed by atoms with Gasteiger partial charge in [0.2, 0.25) is 5.91 Å². The van der Waals surface area contributed by atoms with Crippen molar-refractivity contribution < 1.29 is 4.79 Å². The van der Waals surface area contributed by atoms with Gasteiger partial charge in [-0.05, 0) is 64.0 Å². The van der Waals surface area contributed by atoms with E-state index >= 15 is 0 Å². The molecule has 170 valence electrons. The maximum atomic E-state index is 12.9. The van der Waals surface area contributed by atoms with Gasteiger partial charge in [-0.3, -0.25) is 14.4 Å². The van der Waals surface area contributed by atoms with Crippen molar-refractivity contribution in [2.24, 2.45) is 5.92 Å². The van der Waals surface area contributed by atoms with Gasteiger partial charge in [0.1, 0.15) is 0 Å². The number of fused-ring (bicyclic) bond motifs is 1. The van der Waals surface area contributed by atoms with Crippen molar-refractivity contribution in [1.29, 1.82) is 0 Å². The number of benzene rings is 2. The number of nitrogens with zero attached hydrogens (tertiary/aromatic N) is 3. The summed E-state index contributed by atoms with van der Waals surface area (Å²) in [7, 11) is 0. The molecular formula is C27H31N5O. The van der Waals surface area contributed by atoms with Gasteiger partial charge < -0.3 is 10.3 Å². The number of hydrogen-bond donors (Lipinski definition) is 2. The fourth-order valence-electron chi connectivity index (χ4n) is 4.59. The van der Waals surface area contributed by atoms with Crippen LogP contribution in [0, 0.1) is 5.92 Å². The fourth-order valence-corrected chi connectivity index (χ4v) is 4.59. The van der Waals surface area contributed by atoms with Crippen LogP contribution in [-0.2, 0) is 11.3 Å². The largest absolute Gasteiger partial charge is 0.355 e. The van der Waals surface area contributed by atoms with E-state index in [9.17, 15) is 4.79 Å². The number of rotatable bonds is 6. The van der Waals surface area contributed by atoms with E-state index in [0.717, 1.165) is 54.9 Å². The molecule has 0 radical (unpaired) electrons. The number of para-hydroxylation sites is 1. The number of nitrogens with one attached hydrogen (secondary N) is 2. The SMILES string of the molecule is CC(C)n1cc(CN2CCC(C(=O)Nc3cccc(-c4cc5ccccc5[nH]4)c3)CC2)cn1. The van der Waals surface area contributed by atoms with Gasteiger partial charge in [0, 0.05) is 58.1 Å². The Morgan fingerprint density at radius 2 is 1.94 bits per heavy atom. The molecule has 0 spiro atoms. The third kappa shape index (κ3) is 4.86. The van der Waals surface area contributed by atoms with Crippen LogP contribution in [-0.4, -0.2) is 38.7 Å². The smallest absolute Gasteiger partial charge is 0.227 e. The lowest BCUT2D eigenvalue weighted by atomic mass is 9.95. The first-order chi connectivity index (χ1) is 16.0. The zero-order chi connectivity index (χ0) is 22.8. The van der Waals surface area contributed by atoms with Gasteiger partial charge in [0.25, 0.3) is 0 Å². The molecule has 2 aromatic carbocycles. The first kappa shape index (κ1) is 21.5. The lowest BCUT2D eigenvalue weighted by Gasteiger charge is -2.31. The van der Waals surface area contributed by atoms with E-state index in [-0.39, 0.29) is 11.8 Å². The highest BCUT2D eigenvalue weighted by atomic mass is 16.1. The Labute approximate surface area is 194 Å². The molecule has 4 aromatic rings. The Morgan fingerprint density at radius 3 is 2.70 bits per heavy atom. The van der Waals surface area contributed by atoms with Crippen molar-refractivity contribution in [3.8, 4) is 11.3 Å². The van der Waals surface area contributed by atoms with E-state index in [2.05, 4.69) is 64.6 Å². The van der Waals surface area contributed by atoms with Gasteiger partial charge in [-0.25, -0.2) is 0 Å². The Balaban J connectivity index is 1.18. The van der Waals surface area contributed by atoms with Crippen LogP contribution < -0.4 is 5.32 Å². The third-order valence-electron chi connectivity index (χ3n) is 6.52. The summed E-state index contributed by atoms with van der Waals surface area (Å²) in [5, 5.41) is 8.77. The highest BCUT2D eigenvalue weighted by Gasteiger charge is 2.25. The summed E-state index contributed by atoms with van der Waals surface area (Å²) in [6.45, 7) is 7.03. The minimum absolute atomic E-state index is 0.0522. The van der Waals surface area contributed by atoms with Gasteiger partial charge in [0.15, 0.2) is 0 Å². The fraction of sp³-hybridized carbons (Fsp3) is 0.333. The first-order valence-electron chi connectivity index (χ1n) is 11.8. The molecule has 33 heavy (non-hydrogen) atoms. The predicted molar refractivity (Wildman–Crippen MR) is 133 cm³/mol. The summed E-state index contributed by atoms with van der Waals surface area (Å²) >= 11 is 0. The van der Waals surface area contributed by atoms with Crippen molar-refractivity contribution in [3.05, 3.63) is 72.6 Å². The predicted octanol–water partition coefficient (Wildman–Crippen LogP) is 5.46. The van der Waals surface area contributed by atoms with Crippen LogP contribution in [0.1, 0.15) is 38.3 Å². The summed E-state index contributed by atoms with van der Waals surface area (Å²) in [6.07, 6.45) is 5.85. The summed E-state index contributed by atoms with van der Waals surface area (Å²) in [6, 6.07) is 18.9. The lowest BCUT2D eigenvalue weighted by Crippen LogP contribution is -2.37. The normalized spacial score (nSPS) is 15.4. The maximum Gasteiger partial charge on any atom is 0.227 e. The third-order valence-corrected chi connectivity index (χ3v) is 6.52. The second-order valence-electron chi connectivity index (χ2n) is 9.31. The molecule has 3 heterocycles. The van der Waals surface area contributed by atoms with Crippen LogP contribution in [0.4, 0.5) is 5.69 Å². The molecule has 1 fully saturated rings. The quantitative estimate of drug-likeness (QED) is 0.417. The topological polar surface area (TPSA) is 66.0 Å². The van der Waals surface area contributed by atoms with E-state index in [4.69, 9.17) is 0 Å². The molecule has 0 saturated carbocycles. The Kier molecular flexibility index (Phi) is 6.01. The summed E-state index contributed by atoms with van der Waals surface area (Å²) in [5.41, 5.74) is 5.33. The second-order valence-corrected chi connectivity index (χ2v) is 9.31. The zero-order valence-electron chi connectivity index (χ0n) is 19.3. The Morgan fingerprint density at radius 1 is 1.12 bits per heavy atom. The molecule has 1 amide bonds. The maximum absolute atomic E-state index is 12.9. The van der Waals surface area contributed by atoms with Crippen LogP contribution in [0.2, 0.25) is 0 Å². The minimum atomic E-state index is 0.0522. The van der Waals surface area contributed by atoms with E-state index < -0.39 is 0 Å². The number of amides is 1. The van der Waals surface area contributed by atoms with Gasteiger partial charge in [0.05, 0.1) is 6.20 Å². The number of aromatic nitrogens is 3. The van der Waals surface area contributed by atoms with Gasteiger partial charge >= 0.3 is 0 Å². The second kappa shape index (κ2) is 9.24. The van der Waals surface area contributed by atoms with Crippen LogP contribution in [0.15, 0.2) is 67.0 Å². The summed E-state index contributed by atoms with van der Waals surface area (Å²) in [5.74, 6) is 0.174. The van der Waals surface area contributed by atoms with Gasteiger partial charge in [-0.2, -0.15) is 5.10 Å². The van der Waals surface area contributed by atoms with Crippen LogP contribution in [0.3, 0.4) is 0 Å². The molecule has 0 bridgehead atoms. The molecule has 1 aliphatic rings. The molecule has 5 rings (SSSR count). The summed E-state index contributed by atoms with van der Waals surface area (Å²) in [4.78, 5) is 18.8. The van der Waals surface area contributed by atoms with Crippen LogP contribution >= 0.6 is 0 Å². The number of anilines is 1. The zero-order valence-corrected chi connectivity index (χ0v) is 19.3. The van der Waals surface area contributed by atoms with E-state index in [1.165, 1.54) is 10.9 Å². The molecule has 2 N–H and O–H groups in total. The molecule has 0 unspecified atom stereocenters. The molecular weight excluding hydrogens is 410 g/mol. The van der Waals surface area contributed by atoms with Crippen molar-refractivity contribution >= 4 is 22.5 Å². The van der Waals surface area contributed by atoms with Gasteiger partial charge in [-0.1, -0.05) is 30.3 Å². The van der Waals surface area contributed by atoms with Crippen molar-refractivity contribution in [1.82, 2.24) is 19.7 Å². The number of likely N-dealkylation sites (tertiary alicyclic amines) is 1. The Bertz CT molecular complexity index is 1210. The number of carbonyl (C=O) groups excluding carboxylic acids is 1. The highest BCUT2D eigenvalue weighted by molar-refractivity contribution is 5.93. The Hall–Kier alpha value is -3.38. The minimum Gasteiger partial charge on any atom is -0.355 e. The first-order valence-corrected chi connectivity index (χ1v) is 11.8. The lowest BCUT2D eigenvalue weighted by molar-refractivity contribution is -0.121. The highest BCUT2D eigenvalue weighted by Crippen LogP contribution is 2.27. The molecule has 6 nitrogen and oxygen atoms in total. The van der Waals surface area contributed by atoms with Crippen molar-refractivity contribution in [2.75, 3.05) is 18.4 Å². The molecule has 2 aromatic heterocycles. The average molecular weight is 442 g/mol. The number of carbonyl (C=O) groups is 1. The van der Waals surface area contributed by atoms with Crippen molar-refractivity contribution in [2.45, 2.75) is 39.3 Å². The monoisotopic (exact) mass is 441 g/mol. The van der Waals surface area contributed by atoms with E-state index in [0.29, 0.717) is 6.04 Å².